The first-order valence-electron chi connectivity index (χ1n) is 9.11. The molecule has 0 spiro atoms. The number of hydrogen-bond donors (Lipinski definition) is 2. The van der Waals surface area contributed by atoms with Crippen LogP contribution < -0.4 is 10.1 Å². The molecule has 1 amide bonds. The van der Waals surface area contributed by atoms with E-state index in [2.05, 4.69) is 10.3 Å². The third kappa shape index (κ3) is 5.79. The van der Waals surface area contributed by atoms with Gasteiger partial charge in [-0.05, 0) is 55.0 Å². The van der Waals surface area contributed by atoms with Crippen molar-refractivity contribution < 1.29 is 31.3 Å². The number of carbonyl (C=O) groups is 1. The van der Waals surface area contributed by atoms with Gasteiger partial charge in [0.25, 0.3) is 5.91 Å². The van der Waals surface area contributed by atoms with Gasteiger partial charge in [-0.25, -0.2) is 18.4 Å². The number of hydrogen-bond acceptors (Lipinski definition) is 5. The van der Waals surface area contributed by atoms with Crippen LogP contribution in [-0.4, -0.2) is 21.4 Å². The van der Waals surface area contributed by atoms with Crippen molar-refractivity contribution in [2.24, 2.45) is 0 Å². The van der Waals surface area contributed by atoms with E-state index in [1.807, 2.05) is 0 Å². The van der Waals surface area contributed by atoms with Crippen molar-refractivity contribution in [3.63, 3.8) is 0 Å². The summed E-state index contributed by atoms with van der Waals surface area (Å²) >= 11 is 5.80. The third-order valence-electron chi connectivity index (χ3n) is 4.37. The van der Waals surface area contributed by atoms with Crippen molar-refractivity contribution in [1.82, 2.24) is 4.98 Å². The number of aryl methyl sites for hydroxylation is 1. The Morgan fingerprint density at radius 3 is 2.45 bits per heavy atom. The number of alkyl halides is 3. The van der Waals surface area contributed by atoms with Gasteiger partial charge in [-0.2, -0.15) is 13.2 Å². The summed E-state index contributed by atoms with van der Waals surface area (Å²) in [5.74, 6) is -1.88. The Hall–Kier alpha value is -3.18. The number of pyridine rings is 1. The first-order valence-corrected chi connectivity index (χ1v) is 11.5. The summed E-state index contributed by atoms with van der Waals surface area (Å²) in [5.41, 5.74) is -1.16. The largest absolute Gasteiger partial charge is 0.456 e. The molecule has 0 aliphatic carbocycles. The van der Waals surface area contributed by atoms with Crippen LogP contribution in [0.5, 0.6) is 11.5 Å². The molecule has 6 nitrogen and oxygen atoms in total. The standard InChI is InChI=1S/C21H16ClF4N3O3S/c1-11-7-12(23)3-4-17(11)32-18-10-15(21(24,25)26)16(22)9-14(18)20(30)29-13-5-6-28-19(8-13)33(2,27)31/h3-10,27H,1-2H3,(H,28,29,30). The van der Waals surface area contributed by atoms with Crippen molar-refractivity contribution in [2.45, 2.75) is 18.1 Å². The molecule has 0 aliphatic heterocycles. The molecule has 1 heterocycles. The second kappa shape index (κ2) is 8.99. The van der Waals surface area contributed by atoms with Gasteiger partial charge < -0.3 is 10.1 Å². The van der Waals surface area contributed by atoms with Gasteiger partial charge in [0.05, 0.1) is 25.9 Å². The van der Waals surface area contributed by atoms with Gasteiger partial charge in [0.2, 0.25) is 0 Å². The van der Waals surface area contributed by atoms with Gasteiger partial charge in [-0.1, -0.05) is 11.6 Å². The Morgan fingerprint density at radius 2 is 1.85 bits per heavy atom. The Balaban J connectivity index is 2.06. The SMILES string of the molecule is Cc1cc(F)ccc1Oc1cc(C(F)(F)F)c(Cl)cc1C(=O)Nc1ccnc(S(C)(=N)=O)c1. The van der Waals surface area contributed by atoms with E-state index < -0.39 is 44.0 Å². The quantitative estimate of drug-likeness (QED) is 0.402. The molecule has 0 saturated heterocycles. The molecule has 2 aromatic carbocycles. The number of benzene rings is 2. The van der Waals surface area contributed by atoms with Gasteiger partial charge in [0.15, 0.2) is 0 Å². The number of halogens is 5. The lowest BCUT2D eigenvalue weighted by molar-refractivity contribution is -0.137. The van der Waals surface area contributed by atoms with Crippen LogP contribution in [0.2, 0.25) is 5.02 Å². The fourth-order valence-corrected chi connectivity index (χ4v) is 3.66. The number of carbonyl (C=O) groups excluding carboxylic acids is 1. The predicted octanol–water partition coefficient (Wildman–Crippen LogP) is 6.28. The minimum Gasteiger partial charge on any atom is -0.456 e. The molecule has 12 heteroatoms. The average molecular weight is 502 g/mol. The fourth-order valence-electron chi connectivity index (χ4n) is 2.78. The highest BCUT2D eigenvalue weighted by atomic mass is 35.5. The first kappa shape index (κ1) is 24.5. The zero-order valence-corrected chi connectivity index (χ0v) is 18.7. The summed E-state index contributed by atoms with van der Waals surface area (Å²) in [4.78, 5) is 16.7. The molecule has 3 rings (SSSR count). The number of rotatable bonds is 5. The maximum atomic E-state index is 13.4. The predicted molar refractivity (Wildman–Crippen MR) is 115 cm³/mol. The molecule has 1 atom stereocenters. The second-order valence-corrected chi connectivity index (χ2v) is 9.53. The third-order valence-corrected chi connectivity index (χ3v) is 5.70. The molecule has 1 unspecified atom stereocenters. The topological polar surface area (TPSA) is 92.1 Å². The van der Waals surface area contributed by atoms with E-state index in [1.54, 1.807) is 0 Å². The van der Waals surface area contributed by atoms with Crippen molar-refractivity contribution in [1.29, 1.82) is 4.78 Å². The smallest absolute Gasteiger partial charge is 0.417 e. The van der Waals surface area contributed by atoms with Gasteiger partial charge in [0.1, 0.15) is 22.3 Å². The lowest BCUT2D eigenvalue weighted by atomic mass is 10.1. The summed E-state index contributed by atoms with van der Waals surface area (Å²) in [7, 11) is -3.18. The molecule has 174 valence electrons. The molecule has 1 aromatic heterocycles. The van der Waals surface area contributed by atoms with E-state index in [-0.39, 0.29) is 27.6 Å². The summed E-state index contributed by atoms with van der Waals surface area (Å²) in [6, 6.07) is 7.35. The van der Waals surface area contributed by atoms with Gasteiger partial charge in [0, 0.05) is 18.1 Å². The summed E-state index contributed by atoms with van der Waals surface area (Å²) in [6.45, 7) is 1.49. The molecule has 0 aliphatic rings. The van der Waals surface area contributed by atoms with Crippen molar-refractivity contribution in [3.05, 3.63) is 76.2 Å². The molecule has 3 aromatic rings. The molecule has 33 heavy (non-hydrogen) atoms. The molecular weight excluding hydrogens is 486 g/mol. The fraction of sp³-hybridized carbons (Fsp3) is 0.143. The maximum absolute atomic E-state index is 13.4. The van der Waals surface area contributed by atoms with Crippen LogP contribution in [0.4, 0.5) is 23.2 Å². The van der Waals surface area contributed by atoms with Crippen molar-refractivity contribution in [3.8, 4) is 11.5 Å². The van der Waals surface area contributed by atoms with Crippen LogP contribution in [0, 0.1) is 17.5 Å². The Kier molecular flexibility index (Phi) is 6.66. The number of anilines is 1. The molecule has 2 N–H and O–H groups in total. The highest BCUT2D eigenvalue weighted by Crippen LogP contribution is 2.40. The van der Waals surface area contributed by atoms with Crippen LogP contribution in [0.1, 0.15) is 21.5 Å². The zero-order chi connectivity index (χ0) is 24.6. The monoisotopic (exact) mass is 501 g/mol. The normalized spacial score (nSPS) is 13.3. The van der Waals surface area contributed by atoms with E-state index in [9.17, 15) is 26.6 Å². The lowest BCUT2D eigenvalue weighted by Crippen LogP contribution is -2.15. The van der Waals surface area contributed by atoms with E-state index in [4.69, 9.17) is 21.1 Å². The number of nitrogens with zero attached hydrogens (tertiary/aromatic N) is 1. The van der Waals surface area contributed by atoms with E-state index >= 15 is 0 Å². The van der Waals surface area contributed by atoms with Crippen LogP contribution in [0.15, 0.2) is 53.7 Å². The Bertz CT molecular complexity index is 1350. The average Bonchev–Trinajstić information content (AvgIpc) is 2.69. The molecule has 0 saturated carbocycles. The van der Waals surface area contributed by atoms with Crippen molar-refractivity contribution in [2.75, 3.05) is 11.6 Å². The zero-order valence-electron chi connectivity index (χ0n) is 17.1. The Morgan fingerprint density at radius 1 is 1.15 bits per heavy atom. The van der Waals surface area contributed by atoms with Crippen molar-refractivity contribution >= 4 is 32.9 Å². The minimum absolute atomic E-state index is 0.0343. The van der Waals surface area contributed by atoms with Crippen LogP contribution in [-0.2, 0) is 15.9 Å². The number of ether oxygens (including phenoxy) is 1. The number of amides is 1. The molecular formula is C21H16ClF4N3O3S. The first-order chi connectivity index (χ1) is 15.3. The van der Waals surface area contributed by atoms with Crippen LogP contribution in [0.3, 0.4) is 0 Å². The highest BCUT2D eigenvalue weighted by Gasteiger charge is 2.35. The van der Waals surface area contributed by atoms with Crippen LogP contribution >= 0.6 is 11.6 Å². The molecule has 0 fully saturated rings. The van der Waals surface area contributed by atoms with Crippen LogP contribution in [0.25, 0.3) is 0 Å². The lowest BCUT2D eigenvalue weighted by Gasteiger charge is -2.17. The van der Waals surface area contributed by atoms with Gasteiger partial charge in [-0.15, -0.1) is 0 Å². The van der Waals surface area contributed by atoms with Gasteiger partial charge >= 0.3 is 6.18 Å². The number of aromatic nitrogens is 1. The van der Waals surface area contributed by atoms with Gasteiger partial charge in [-0.3, -0.25) is 4.79 Å². The second-order valence-electron chi connectivity index (χ2n) is 7.02. The molecule has 0 radical (unpaired) electrons. The highest BCUT2D eigenvalue weighted by molar-refractivity contribution is 7.91. The van der Waals surface area contributed by atoms with E-state index in [0.29, 0.717) is 6.07 Å². The summed E-state index contributed by atoms with van der Waals surface area (Å²) in [6.07, 6.45) is -2.45. The summed E-state index contributed by atoms with van der Waals surface area (Å²) in [5, 5.41) is 1.62. The van der Waals surface area contributed by atoms with E-state index in [0.717, 1.165) is 24.5 Å². The molecule has 0 bridgehead atoms. The maximum Gasteiger partial charge on any atom is 0.417 e. The number of nitrogens with one attached hydrogen (secondary N) is 2. The minimum atomic E-state index is -4.82. The van der Waals surface area contributed by atoms with E-state index in [1.165, 1.54) is 31.3 Å². The summed E-state index contributed by atoms with van der Waals surface area (Å²) < 4.78 is 78.6. The Labute approximate surface area is 191 Å².